The molecule has 2 rings (SSSR count). The van der Waals surface area contributed by atoms with Crippen LogP contribution in [0.25, 0.3) is 0 Å². The predicted molar refractivity (Wildman–Crippen MR) is 73.5 cm³/mol. The van der Waals surface area contributed by atoms with Gasteiger partial charge in [0.2, 0.25) is 0 Å². The Morgan fingerprint density at radius 3 is 2.47 bits per heavy atom. The van der Waals surface area contributed by atoms with Gasteiger partial charge in [0.1, 0.15) is 5.82 Å². The highest BCUT2D eigenvalue weighted by Crippen LogP contribution is 2.22. The number of piperazine rings is 1. The molecule has 0 bridgehead atoms. The van der Waals surface area contributed by atoms with Crippen LogP contribution in [-0.4, -0.2) is 51.6 Å². The number of sulfonamides is 1. The maximum atomic E-state index is 13.0. The van der Waals surface area contributed by atoms with E-state index in [-0.39, 0.29) is 9.37 Å². The molecule has 19 heavy (non-hydrogen) atoms. The van der Waals surface area contributed by atoms with Crippen LogP contribution in [0.15, 0.2) is 27.6 Å². The van der Waals surface area contributed by atoms with Crippen molar-refractivity contribution >= 4 is 26.0 Å². The van der Waals surface area contributed by atoms with Gasteiger partial charge in [0.15, 0.2) is 0 Å². The Balaban J connectivity index is 2.14. The molecule has 106 valence electrons. The number of likely N-dealkylation sites (N-methyl/N-ethyl adjacent to an activating group) is 1. The molecular weight excluding hydrogens is 337 g/mol. The van der Waals surface area contributed by atoms with Crippen molar-refractivity contribution in [1.29, 1.82) is 0 Å². The number of benzene rings is 1. The molecule has 0 spiro atoms. The lowest BCUT2D eigenvalue weighted by Gasteiger charge is -2.32. The normalized spacial score (nSPS) is 18.7. The first-order chi connectivity index (χ1) is 8.88. The van der Waals surface area contributed by atoms with E-state index < -0.39 is 15.8 Å². The summed E-state index contributed by atoms with van der Waals surface area (Å²) in [6.45, 7) is 2.84. The van der Waals surface area contributed by atoms with E-state index in [0.29, 0.717) is 13.1 Å². The second-order valence-corrected chi connectivity index (χ2v) is 6.94. The minimum absolute atomic E-state index is 0.0350. The molecule has 8 heteroatoms. The Labute approximate surface area is 120 Å². The smallest absolute Gasteiger partial charge is 0.254 e. The SMILES string of the molecule is CN1CCN(NS(=O)(=O)c2ccc(F)cc2Br)CC1. The third-order valence-corrected chi connectivity index (χ3v) is 5.29. The standard InChI is InChI=1S/C11H15BrFN3O2S/c1-15-4-6-16(7-5-15)14-19(17,18)11-3-2-9(13)8-10(11)12/h2-3,8,14H,4-7H2,1H3. The van der Waals surface area contributed by atoms with Crippen molar-refractivity contribution in [3.05, 3.63) is 28.5 Å². The molecule has 0 aromatic heterocycles. The van der Waals surface area contributed by atoms with Crippen molar-refractivity contribution in [3.63, 3.8) is 0 Å². The first-order valence-electron chi connectivity index (χ1n) is 5.79. The molecule has 0 amide bonds. The minimum atomic E-state index is -3.68. The zero-order chi connectivity index (χ0) is 14.0. The van der Waals surface area contributed by atoms with Crippen LogP contribution >= 0.6 is 15.9 Å². The van der Waals surface area contributed by atoms with Crippen molar-refractivity contribution in [2.75, 3.05) is 33.2 Å². The number of hydrogen-bond donors (Lipinski definition) is 1. The predicted octanol–water partition coefficient (Wildman–Crippen LogP) is 1.03. The Morgan fingerprint density at radius 1 is 1.26 bits per heavy atom. The van der Waals surface area contributed by atoms with Gasteiger partial charge < -0.3 is 4.90 Å². The molecule has 1 aromatic carbocycles. The summed E-state index contributed by atoms with van der Waals surface area (Å²) < 4.78 is 37.6. The van der Waals surface area contributed by atoms with Gasteiger partial charge >= 0.3 is 0 Å². The fourth-order valence-electron chi connectivity index (χ4n) is 1.81. The monoisotopic (exact) mass is 351 g/mol. The van der Waals surface area contributed by atoms with Gasteiger partial charge in [-0.2, -0.15) is 0 Å². The third kappa shape index (κ3) is 3.73. The molecule has 0 saturated carbocycles. The molecule has 1 saturated heterocycles. The van der Waals surface area contributed by atoms with E-state index in [2.05, 4.69) is 25.7 Å². The van der Waals surface area contributed by atoms with Gasteiger partial charge in [0, 0.05) is 30.7 Å². The summed E-state index contributed by atoms with van der Waals surface area (Å²) in [7, 11) is -1.69. The zero-order valence-electron chi connectivity index (χ0n) is 10.4. The van der Waals surface area contributed by atoms with E-state index in [9.17, 15) is 12.8 Å². The molecular formula is C11H15BrFN3O2S. The van der Waals surface area contributed by atoms with Gasteiger partial charge in [-0.1, -0.05) is 0 Å². The largest absolute Gasteiger partial charge is 0.304 e. The summed E-state index contributed by atoms with van der Waals surface area (Å²) in [4.78, 5) is 4.68. The summed E-state index contributed by atoms with van der Waals surface area (Å²) in [6.07, 6.45) is 0. The number of rotatable bonds is 3. The molecule has 1 aromatic rings. The fraction of sp³-hybridized carbons (Fsp3) is 0.455. The average molecular weight is 352 g/mol. The highest BCUT2D eigenvalue weighted by atomic mass is 79.9. The van der Waals surface area contributed by atoms with Crippen molar-refractivity contribution < 1.29 is 12.8 Å². The molecule has 1 heterocycles. The molecule has 1 N–H and O–H groups in total. The summed E-state index contributed by atoms with van der Waals surface area (Å²) in [6, 6.07) is 3.51. The lowest BCUT2D eigenvalue weighted by molar-refractivity contribution is 0.135. The number of nitrogens with zero attached hydrogens (tertiary/aromatic N) is 2. The minimum Gasteiger partial charge on any atom is -0.304 e. The molecule has 0 radical (unpaired) electrons. The van der Waals surface area contributed by atoms with Crippen molar-refractivity contribution in [1.82, 2.24) is 14.7 Å². The van der Waals surface area contributed by atoms with Crippen LogP contribution in [0.3, 0.4) is 0 Å². The van der Waals surface area contributed by atoms with Gasteiger partial charge in [0.25, 0.3) is 10.0 Å². The van der Waals surface area contributed by atoms with E-state index >= 15 is 0 Å². The van der Waals surface area contributed by atoms with Gasteiger partial charge in [0.05, 0.1) is 4.90 Å². The third-order valence-electron chi connectivity index (χ3n) is 2.94. The van der Waals surface area contributed by atoms with Gasteiger partial charge in [-0.15, -0.1) is 4.83 Å². The topological polar surface area (TPSA) is 52.6 Å². The van der Waals surface area contributed by atoms with Crippen molar-refractivity contribution in [3.8, 4) is 0 Å². The second kappa shape index (κ2) is 5.84. The molecule has 5 nitrogen and oxygen atoms in total. The Hall–Kier alpha value is -0.540. The maximum Gasteiger partial charge on any atom is 0.254 e. The molecule has 0 atom stereocenters. The Kier molecular flexibility index (Phi) is 4.57. The van der Waals surface area contributed by atoms with Crippen LogP contribution in [0.2, 0.25) is 0 Å². The van der Waals surface area contributed by atoms with E-state index in [4.69, 9.17) is 0 Å². The van der Waals surface area contributed by atoms with Crippen LogP contribution in [0.1, 0.15) is 0 Å². The summed E-state index contributed by atoms with van der Waals surface area (Å²) >= 11 is 3.07. The van der Waals surface area contributed by atoms with Crippen LogP contribution in [0, 0.1) is 5.82 Å². The summed E-state index contributed by atoms with van der Waals surface area (Å²) in [5.41, 5.74) is 0. The number of halogens is 2. The van der Waals surface area contributed by atoms with Crippen molar-refractivity contribution in [2.45, 2.75) is 4.90 Å². The van der Waals surface area contributed by atoms with Crippen LogP contribution in [0.4, 0.5) is 4.39 Å². The first-order valence-corrected chi connectivity index (χ1v) is 8.07. The van der Waals surface area contributed by atoms with Gasteiger partial charge in [-0.25, -0.2) is 17.8 Å². The first kappa shape index (κ1) is 14.9. The van der Waals surface area contributed by atoms with Crippen LogP contribution < -0.4 is 4.83 Å². The zero-order valence-corrected chi connectivity index (χ0v) is 12.8. The van der Waals surface area contributed by atoms with E-state index in [1.807, 2.05) is 7.05 Å². The number of nitrogens with one attached hydrogen (secondary N) is 1. The maximum absolute atomic E-state index is 13.0. The number of hydrogen-bond acceptors (Lipinski definition) is 4. The quantitative estimate of drug-likeness (QED) is 0.883. The summed E-state index contributed by atoms with van der Waals surface area (Å²) in [5, 5.41) is 1.66. The van der Waals surface area contributed by atoms with Gasteiger partial charge in [-0.3, -0.25) is 0 Å². The highest BCUT2D eigenvalue weighted by Gasteiger charge is 2.23. The van der Waals surface area contributed by atoms with E-state index in [0.717, 1.165) is 25.2 Å². The Bertz CT molecular complexity index is 559. The lowest BCUT2D eigenvalue weighted by atomic mass is 10.3. The van der Waals surface area contributed by atoms with E-state index in [1.165, 1.54) is 6.07 Å². The average Bonchev–Trinajstić information content (AvgIpc) is 2.31. The van der Waals surface area contributed by atoms with Gasteiger partial charge in [-0.05, 0) is 41.2 Å². The van der Waals surface area contributed by atoms with E-state index in [1.54, 1.807) is 5.01 Å². The Morgan fingerprint density at radius 2 is 1.89 bits per heavy atom. The number of hydrazine groups is 1. The van der Waals surface area contributed by atoms with Crippen LogP contribution in [-0.2, 0) is 10.0 Å². The molecule has 1 fully saturated rings. The molecule has 1 aliphatic rings. The molecule has 0 aliphatic carbocycles. The highest BCUT2D eigenvalue weighted by molar-refractivity contribution is 9.10. The summed E-state index contributed by atoms with van der Waals surface area (Å²) in [5.74, 6) is -0.481. The molecule has 1 aliphatic heterocycles. The second-order valence-electron chi connectivity index (χ2n) is 4.46. The molecule has 0 unspecified atom stereocenters. The van der Waals surface area contributed by atoms with Crippen molar-refractivity contribution in [2.24, 2.45) is 0 Å². The fourth-order valence-corrected chi connectivity index (χ4v) is 3.98. The lowest BCUT2D eigenvalue weighted by Crippen LogP contribution is -2.52. The van der Waals surface area contributed by atoms with Crippen LogP contribution in [0.5, 0.6) is 0 Å².